The average molecular weight is 348 g/mol. The average Bonchev–Trinajstić information content (AvgIpc) is 2.88. The van der Waals surface area contributed by atoms with Crippen LogP contribution in [0.5, 0.6) is 0 Å². The van der Waals surface area contributed by atoms with Crippen molar-refractivity contribution in [2.45, 2.75) is 11.8 Å². The summed E-state index contributed by atoms with van der Waals surface area (Å²) in [6.45, 7) is 1.78. The van der Waals surface area contributed by atoms with Crippen LogP contribution in [-0.4, -0.2) is 23.0 Å². The van der Waals surface area contributed by atoms with Crippen molar-refractivity contribution in [3.05, 3.63) is 52.8 Å². The second-order valence-electron chi connectivity index (χ2n) is 4.74. The van der Waals surface area contributed by atoms with Gasteiger partial charge in [-0.05, 0) is 31.2 Å². The van der Waals surface area contributed by atoms with Crippen LogP contribution in [0, 0.1) is 18.3 Å². The van der Waals surface area contributed by atoms with Gasteiger partial charge in [-0.3, -0.25) is 4.72 Å². The number of hydrogen-bond donors (Lipinski definition) is 1. The fraction of sp³-hybridized carbons (Fsp3) is 0.0714. The summed E-state index contributed by atoms with van der Waals surface area (Å²) in [5.41, 5.74) is 1.32. The highest BCUT2D eigenvalue weighted by Crippen LogP contribution is 2.22. The van der Waals surface area contributed by atoms with Crippen LogP contribution < -0.4 is 4.72 Å². The maximum atomic E-state index is 12.5. The molecule has 0 aliphatic rings. The molecule has 0 aliphatic heterocycles. The normalized spacial score (nSPS) is 11.3. The van der Waals surface area contributed by atoms with Crippen molar-refractivity contribution in [3.8, 4) is 6.07 Å². The van der Waals surface area contributed by atoms with Gasteiger partial charge in [0.05, 0.1) is 21.2 Å². The molecule has 2 aromatic heterocycles. The van der Waals surface area contributed by atoms with Gasteiger partial charge in [-0.25, -0.2) is 13.4 Å². The summed E-state index contributed by atoms with van der Waals surface area (Å²) in [5.74, 6) is 0.247. The zero-order valence-corrected chi connectivity index (χ0v) is 13.4. The number of hydrogen-bond acceptors (Lipinski definition) is 5. The van der Waals surface area contributed by atoms with Gasteiger partial charge in [-0.15, -0.1) is 0 Å². The number of benzene rings is 1. The monoisotopic (exact) mass is 347 g/mol. The smallest absolute Gasteiger partial charge is 0.263 e. The summed E-state index contributed by atoms with van der Waals surface area (Å²) < 4.78 is 28.9. The topological polar surface area (TPSA) is 100 Å². The zero-order chi connectivity index (χ0) is 16.6. The van der Waals surface area contributed by atoms with E-state index in [0.717, 1.165) is 0 Å². The minimum atomic E-state index is -3.89. The highest BCUT2D eigenvalue weighted by molar-refractivity contribution is 7.92. The lowest BCUT2D eigenvalue weighted by Crippen LogP contribution is -2.16. The second kappa shape index (κ2) is 5.53. The van der Waals surface area contributed by atoms with E-state index >= 15 is 0 Å². The molecule has 9 heteroatoms. The number of aromatic nitrogens is 3. The van der Waals surface area contributed by atoms with Crippen LogP contribution in [0.15, 0.2) is 41.4 Å². The van der Waals surface area contributed by atoms with E-state index in [1.165, 1.54) is 35.0 Å². The van der Waals surface area contributed by atoms with E-state index in [1.54, 1.807) is 13.0 Å². The van der Waals surface area contributed by atoms with Gasteiger partial charge in [0.15, 0.2) is 5.65 Å². The first-order chi connectivity index (χ1) is 10.9. The molecule has 0 saturated carbocycles. The summed E-state index contributed by atoms with van der Waals surface area (Å²) in [4.78, 5) is 4.05. The van der Waals surface area contributed by atoms with Crippen molar-refractivity contribution in [3.63, 3.8) is 0 Å². The number of nitrogens with one attached hydrogen (secondary N) is 1. The number of nitrogens with zero attached hydrogens (tertiary/aromatic N) is 4. The largest absolute Gasteiger partial charge is 0.263 e. The van der Waals surface area contributed by atoms with Gasteiger partial charge in [-0.2, -0.15) is 14.9 Å². The summed E-state index contributed by atoms with van der Waals surface area (Å²) in [6, 6.07) is 9.00. The third kappa shape index (κ3) is 2.84. The number of fused-ring (bicyclic) bond motifs is 1. The Morgan fingerprint density at radius 3 is 2.83 bits per heavy atom. The van der Waals surface area contributed by atoms with Crippen molar-refractivity contribution in [2.75, 3.05) is 4.72 Å². The van der Waals surface area contributed by atoms with Crippen LogP contribution in [0.25, 0.3) is 5.65 Å². The number of rotatable bonds is 3. The molecule has 0 aliphatic carbocycles. The predicted octanol–water partition coefficient (Wildman–Crippen LogP) is 2.36. The molecule has 2 heterocycles. The van der Waals surface area contributed by atoms with Gasteiger partial charge < -0.3 is 0 Å². The van der Waals surface area contributed by atoms with Crippen molar-refractivity contribution < 1.29 is 8.42 Å². The molecule has 1 N–H and O–H groups in total. The first-order valence-electron chi connectivity index (χ1n) is 6.44. The molecule has 23 heavy (non-hydrogen) atoms. The molecular weight excluding hydrogens is 338 g/mol. The van der Waals surface area contributed by atoms with E-state index in [-0.39, 0.29) is 21.3 Å². The summed E-state index contributed by atoms with van der Waals surface area (Å²) >= 11 is 5.83. The van der Waals surface area contributed by atoms with E-state index in [1.807, 2.05) is 6.07 Å². The van der Waals surface area contributed by atoms with Crippen LogP contribution >= 0.6 is 11.6 Å². The molecule has 0 unspecified atom stereocenters. The lowest BCUT2D eigenvalue weighted by molar-refractivity contribution is 0.600. The van der Waals surface area contributed by atoms with E-state index in [9.17, 15) is 8.42 Å². The lowest BCUT2D eigenvalue weighted by Gasteiger charge is -2.09. The fourth-order valence-electron chi connectivity index (χ4n) is 2.04. The Labute approximate surface area is 137 Å². The molecule has 0 spiro atoms. The first-order valence-corrected chi connectivity index (χ1v) is 8.31. The van der Waals surface area contributed by atoms with Gasteiger partial charge in [0.2, 0.25) is 0 Å². The SMILES string of the molecule is Cc1cc2nccc(NS(=O)(=O)c3ccc(Cl)c(C#N)c3)n2n1. The van der Waals surface area contributed by atoms with E-state index in [2.05, 4.69) is 14.8 Å². The molecule has 3 rings (SSSR count). The van der Waals surface area contributed by atoms with E-state index < -0.39 is 10.0 Å². The van der Waals surface area contributed by atoms with Crippen LogP contribution in [0.1, 0.15) is 11.3 Å². The van der Waals surface area contributed by atoms with Crippen molar-refractivity contribution in [1.82, 2.24) is 14.6 Å². The predicted molar refractivity (Wildman–Crippen MR) is 84.7 cm³/mol. The van der Waals surface area contributed by atoms with Gasteiger partial charge in [0.1, 0.15) is 11.9 Å². The fourth-order valence-corrected chi connectivity index (χ4v) is 3.27. The maximum absolute atomic E-state index is 12.5. The minimum absolute atomic E-state index is 0.0627. The van der Waals surface area contributed by atoms with E-state index in [0.29, 0.717) is 11.3 Å². The first kappa shape index (κ1) is 15.3. The zero-order valence-electron chi connectivity index (χ0n) is 11.9. The number of sulfonamides is 1. The number of anilines is 1. The lowest BCUT2D eigenvalue weighted by atomic mass is 10.2. The Morgan fingerprint density at radius 1 is 1.30 bits per heavy atom. The standard InChI is InChI=1S/C14H10ClN5O2S/c1-9-6-14-17-5-4-13(20(14)18-9)19-23(21,22)11-2-3-12(15)10(7-11)8-16/h2-7,19H,1H3. The molecule has 0 bridgehead atoms. The summed E-state index contributed by atoms with van der Waals surface area (Å²) in [7, 11) is -3.89. The van der Waals surface area contributed by atoms with Crippen LogP contribution in [0.4, 0.5) is 5.82 Å². The summed E-state index contributed by atoms with van der Waals surface area (Å²) in [6.07, 6.45) is 1.48. The number of nitriles is 1. The van der Waals surface area contributed by atoms with Crippen molar-refractivity contribution in [2.24, 2.45) is 0 Å². The molecule has 7 nitrogen and oxygen atoms in total. The Balaban J connectivity index is 2.05. The Hall–Kier alpha value is -2.63. The second-order valence-corrected chi connectivity index (χ2v) is 6.83. The van der Waals surface area contributed by atoms with Crippen LogP contribution in [0.2, 0.25) is 5.02 Å². The highest BCUT2D eigenvalue weighted by Gasteiger charge is 2.18. The maximum Gasteiger partial charge on any atom is 0.263 e. The third-order valence-corrected chi connectivity index (χ3v) is 4.77. The number of aryl methyl sites for hydroxylation is 1. The highest BCUT2D eigenvalue weighted by atomic mass is 35.5. The molecule has 0 atom stereocenters. The molecular formula is C14H10ClN5O2S. The molecule has 1 aromatic carbocycles. The molecule has 3 aromatic rings. The molecule has 0 radical (unpaired) electrons. The molecule has 0 saturated heterocycles. The van der Waals surface area contributed by atoms with Gasteiger partial charge >= 0.3 is 0 Å². The van der Waals surface area contributed by atoms with Gasteiger partial charge in [-0.1, -0.05) is 11.6 Å². The van der Waals surface area contributed by atoms with Crippen molar-refractivity contribution in [1.29, 1.82) is 5.26 Å². The minimum Gasteiger partial charge on any atom is -0.263 e. The van der Waals surface area contributed by atoms with E-state index in [4.69, 9.17) is 16.9 Å². The Morgan fingerprint density at radius 2 is 2.09 bits per heavy atom. The molecule has 0 amide bonds. The van der Waals surface area contributed by atoms with Crippen molar-refractivity contribution >= 4 is 33.1 Å². The third-order valence-electron chi connectivity index (χ3n) is 3.09. The summed E-state index contributed by atoms with van der Waals surface area (Å²) in [5, 5.41) is 13.4. The Kier molecular flexibility index (Phi) is 3.67. The molecule has 0 fully saturated rings. The van der Waals surface area contributed by atoms with Crippen LogP contribution in [0.3, 0.4) is 0 Å². The quantitative estimate of drug-likeness (QED) is 0.783. The van der Waals surface area contributed by atoms with Gasteiger partial charge in [0, 0.05) is 12.3 Å². The number of halogens is 1. The Bertz CT molecular complexity index is 1050. The van der Waals surface area contributed by atoms with Crippen LogP contribution in [-0.2, 0) is 10.0 Å². The molecule has 116 valence electrons. The van der Waals surface area contributed by atoms with Gasteiger partial charge in [0.25, 0.3) is 10.0 Å².